The molecular weight excluding hydrogens is 596 g/mol. The highest BCUT2D eigenvalue weighted by Crippen LogP contribution is 2.48. The molecule has 4 nitrogen and oxygen atoms in total. The molecule has 3 aromatic carbocycles. The lowest BCUT2D eigenvalue weighted by molar-refractivity contribution is 0.444. The van der Waals surface area contributed by atoms with Gasteiger partial charge in [-0.1, -0.05) is 100 Å². The number of anilines is 1. The molecule has 0 fully saturated rings. The molecule has 0 saturated heterocycles. The van der Waals surface area contributed by atoms with E-state index in [0.717, 1.165) is 29.0 Å². The van der Waals surface area contributed by atoms with Gasteiger partial charge in [0.25, 0.3) is 0 Å². The van der Waals surface area contributed by atoms with Gasteiger partial charge < -0.3 is 9.64 Å². The first kappa shape index (κ1) is 34.1. The van der Waals surface area contributed by atoms with E-state index in [-0.39, 0.29) is 10.8 Å². The second-order valence-electron chi connectivity index (χ2n) is 12.1. The Bertz CT molecular complexity index is 1680. The van der Waals surface area contributed by atoms with Crippen molar-refractivity contribution in [2.75, 3.05) is 11.4 Å². The molecule has 0 atom stereocenters. The van der Waals surface area contributed by atoms with Gasteiger partial charge in [-0.05, 0) is 96.4 Å². The van der Waals surface area contributed by atoms with Crippen molar-refractivity contribution < 1.29 is 4.74 Å². The van der Waals surface area contributed by atoms with Gasteiger partial charge in [0.05, 0.1) is 5.69 Å². The molecule has 3 aromatic rings. The number of allylic oxidation sites excluding steroid dienone is 8. The molecule has 1 radical (unpaired) electrons. The van der Waals surface area contributed by atoms with Crippen molar-refractivity contribution in [3.05, 3.63) is 142 Å². The summed E-state index contributed by atoms with van der Waals surface area (Å²) in [7, 11) is 2.22. The number of nitrogens with zero attached hydrogens (tertiary/aromatic N) is 2. The van der Waals surface area contributed by atoms with Gasteiger partial charge >= 0.3 is 0 Å². The fraction of sp³-hybridized carbons (Fsp3) is 0.263. The number of ether oxygens (including phenoxy) is 1. The predicted molar refractivity (Wildman–Crippen MR) is 193 cm³/mol. The Kier molecular flexibility index (Phi) is 11.0. The maximum atomic E-state index is 7.26. The smallest absolute Gasteiger partial charge is 0.151 e. The summed E-state index contributed by atoms with van der Waals surface area (Å²) < 4.78 is 6.29. The molecule has 4 rings (SSSR count). The Morgan fingerprint density at radius 1 is 1.00 bits per heavy atom. The number of likely N-dealkylation sites (N-methyl/N-ethyl adjacent to an activating group) is 1. The minimum atomic E-state index is -0.345. The van der Waals surface area contributed by atoms with Gasteiger partial charge in [0.15, 0.2) is 7.28 Å². The standard InChI is InChI=1S/C38H41BCl2N3O/c1-8-39-34-22-16-27(40)24-32(34)37(4,5)26(3)12-10-13-30(45-31-20-18-29(43-42)19-21-31)14-11-15-36-38(6,7)33-25-28(41)17-23-35(33)44(36)9-2/h10-25,42H,3,8-9H2,1-2,4-7H3/b12-10+,14-11+,30-13-,36-15+,43-42?. The van der Waals surface area contributed by atoms with Crippen molar-refractivity contribution in [1.29, 1.82) is 5.53 Å². The lowest BCUT2D eigenvalue weighted by Gasteiger charge is -2.29. The lowest BCUT2D eigenvalue weighted by Crippen LogP contribution is -2.30. The predicted octanol–water partition coefficient (Wildman–Crippen LogP) is 11.0. The monoisotopic (exact) mass is 636 g/mol. The normalized spacial score (nSPS) is 15.6. The molecule has 7 heteroatoms. The second-order valence-corrected chi connectivity index (χ2v) is 12.9. The highest BCUT2D eigenvalue weighted by Gasteiger charge is 2.39. The summed E-state index contributed by atoms with van der Waals surface area (Å²) in [5, 5.41) is 4.94. The first-order valence-corrected chi connectivity index (χ1v) is 16.0. The third-order valence-corrected chi connectivity index (χ3v) is 8.83. The number of fused-ring (bicyclic) bond motifs is 1. The number of benzene rings is 3. The zero-order chi connectivity index (χ0) is 32.8. The number of nitrogens with one attached hydrogen (secondary N) is 1. The van der Waals surface area contributed by atoms with Crippen molar-refractivity contribution in [1.82, 2.24) is 0 Å². The van der Waals surface area contributed by atoms with Crippen LogP contribution in [-0.2, 0) is 10.8 Å². The summed E-state index contributed by atoms with van der Waals surface area (Å²) in [6.07, 6.45) is 13.0. The summed E-state index contributed by atoms with van der Waals surface area (Å²) in [4.78, 5) is 2.33. The molecule has 1 aliphatic heterocycles. The van der Waals surface area contributed by atoms with Crippen molar-refractivity contribution in [3.63, 3.8) is 0 Å². The molecule has 1 heterocycles. The van der Waals surface area contributed by atoms with Crippen LogP contribution in [-0.4, -0.2) is 13.8 Å². The second kappa shape index (κ2) is 14.5. The van der Waals surface area contributed by atoms with Crippen LogP contribution in [0.3, 0.4) is 0 Å². The van der Waals surface area contributed by atoms with Gasteiger partial charge in [0, 0.05) is 38.8 Å². The SMILES string of the molecule is C=C(/C=C/C=C(/C=C/C=C1/N(CC)c2ccc(Cl)cc2C1(C)C)Oc1ccc(N=N)cc1)C(C)(C)c1cc(Cl)ccc1[B]CC. The van der Waals surface area contributed by atoms with Crippen molar-refractivity contribution in [2.45, 2.75) is 58.7 Å². The first-order valence-electron chi connectivity index (χ1n) is 15.2. The van der Waals surface area contributed by atoms with E-state index in [1.807, 2.05) is 60.7 Å². The maximum Gasteiger partial charge on any atom is 0.151 e. The number of hydrogen-bond donors (Lipinski definition) is 1. The molecule has 1 aliphatic rings. The van der Waals surface area contributed by atoms with Crippen molar-refractivity contribution in [2.24, 2.45) is 5.11 Å². The van der Waals surface area contributed by atoms with Gasteiger partial charge in [-0.25, -0.2) is 5.53 Å². The van der Waals surface area contributed by atoms with E-state index in [4.69, 9.17) is 33.5 Å². The van der Waals surface area contributed by atoms with Gasteiger partial charge in [0.2, 0.25) is 0 Å². The van der Waals surface area contributed by atoms with Crippen LogP contribution in [0.4, 0.5) is 11.4 Å². The van der Waals surface area contributed by atoms with E-state index < -0.39 is 0 Å². The van der Waals surface area contributed by atoms with Crippen LogP contribution >= 0.6 is 23.2 Å². The van der Waals surface area contributed by atoms with Gasteiger partial charge in [-0.3, -0.25) is 0 Å². The highest BCUT2D eigenvalue weighted by molar-refractivity contribution is 6.54. The van der Waals surface area contributed by atoms with E-state index in [0.29, 0.717) is 22.2 Å². The summed E-state index contributed by atoms with van der Waals surface area (Å²) in [6.45, 7) is 18.3. The van der Waals surface area contributed by atoms with Gasteiger partial charge in [-0.15, -0.1) is 0 Å². The molecule has 1 N–H and O–H groups in total. The van der Waals surface area contributed by atoms with Crippen LogP contribution in [0, 0.1) is 5.53 Å². The maximum absolute atomic E-state index is 7.26. The quantitative estimate of drug-likeness (QED) is 0.0930. The Labute approximate surface area is 279 Å². The molecule has 0 unspecified atom stereocenters. The van der Waals surface area contributed by atoms with Crippen LogP contribution in [0.15, 0.2) is 126 Å². The van der Waals surface area contributed by atoms with E-state index in [1.54, 1.807) is 12.1 Å². The zero-order valence-electron chi connectivity index (χ0n) is 27.0. The molecule has 0 saturated carbocycles. The molecule has 231 valence electrons. The Balaban J connectivity index is 1.65. The van der Waals surface area contributed by atoms with E-state index >= 15 is 0 Å². The van der Waals surface area contributed by atoms with Crippen LogP contribution in [0.25, 0.3) is 0 Å². The van der Waals surface area contributed by atoms with E-state index in [1.165, 1.54) is 22.4 Å². The lowest BCUT2D eigenvalue weighted by atomic mass is 9.61. The Morgan fingerprint density at radius 2 is 1.69 bits per heavy atom. The summed E-state index contributed by atoms with van der Waals surface area (Å²) in [5.74, 6) is 1.29. The van der Waals surface area contributed by atoms with Crippen molar-refractivity contribution in [3.8, 4) is 5.75 Å². The summed E-state index contributed by atoms with van der Waals surface area (Å²) in [5.41, 5.74) is 14.1. The summed E-state index contributed by atoms with van der Waals surface area (Å²) >= 11 is 12.8. The number of rotatable bonds is 12. The molecule has 0 bridgehead atoms. The van der Waals surface area contributed by atoms with E-state index in [2.05, 4.69) is 89.7 Å². The fourth-order valence-corrected chi connectivity index (χ4v) is 6.02. The molecule has 0 spiro atoms. The molecule has 0 amide bonds. The Hall–Kier alpha value is -3.80. The largest absolute Gasteiger partial charge is 0.457 e. The van der Waals surface area contributed by atoms with E-state index in [9.17, 15) is 0 Å². The van der Waals surface area contributed by atoms with Crippen LogP contribution in [0.2, 0.25) is 16.4 Å². The molecular formula is C38H41BCl2N3O. The molecule has 45 heavy (non-hydrogen) atoms. The van der Waals surface area contributed by atoms with Gasteiger partial charge in [-0.2, -0.15) is 5.11 Å². The van der Waals surface area contributed by atoms with Gasteiger partial charge in [0.1, 0.15) is 11.5 Å². The highest BCUT2D eigenvalue weighted by atomic mass is 35.5. The summed E-state index contributed by atoms with van der Waals surface area (Å²) in [6, 6.07) is 19.3. The minimum Gasteiger partial charge on any atom is -0.457 e. The van der Waals surface area contributed by atoms with Crippen molar-refractivity contribution >= 4 is 47.3 Å². The Morgan fingerprint density at radius 3 is 2.36 bits per heavy atom. The first-order chi connectivity index (χ1) is 21.4. The third-order valence-electron chi connectivity index (χ3n) is 8.36. The number of hydrogen-bond acceptors (Lipinski definition) is 4. The van der Waals surface area contributed by atoms with Crippen LogP contribution < -0.4 is 15.1 Å². The topological polar surface area (TPSA) is 48.7 Å². The minimum absolute atomic E-state index is 0.210. The number of halogens is 2. The van der Waals surface area contributed by atoms with Crippen LogP contribution in [0.5, 0.6) is 5.75 Å². The average Bonchev–Trinajstić information content (AvgIpc) is 3.22. The molecule has 0 aliphatic carbocycles. The average molecular weight is 637 g/mol. The third kappa shape index (κ3) is 7.72. The van der Waals surface area contributed by atoms with Crippen LogP contribution in [0.1, 0.15) is 52.7 Å². The zero-order valence-corrected chi connectivity index (χ0v) is 28.5. The fourth-order valence-electron chi connectivity index (χ4n) is 5.68. The molecule has 0 aromatic heterocycles.